The molecule has 0 aromatic heterocycles. The summed E-state index contributed by atoms with van der Waals surface area (Å²) in [5.74, 6) is 2.43. The second-order valence-electron chi connectivity index (χ2n) is 4.34. The van der Waals surface area contributed by atoms with Crippen molar-refractivity contribution < 1.29 is 4.79 Å². The molecule has 1 fully saturated rings. The minimum absolute atomic E-state index is 0.0729. The highest BCUT2D eigenvalue weighted by Gasteiger charge is 2.34. The Bertz CT molecular complexity index is 250. The van der Waals surface area contributed by atoms with Crippen molar-refractivity contribution in [2.24, 2.45) is 17.8 Å². The van der Waals surface area contributed by atoms with Gasteiger partial charge in [-0.05, 0) is 37.1 Å². The Morgan fingerprint density at radius 1 is 1.43 bits per heavy atom. The SMILES string of the molecule is CNC(=O)CNCC1CC2C=CC1C2. The van der Waals surface area contributed by atoms with E-state index in [0.717, 1.165) is 24.3 Å². The van der Waals surface area contributed by atoms with Gasteiger partial charge in [-0.3, -0.25) is 4.79 Å². The Balaban J connectivity index is 1.67. The fourth-order valence-electron chi connectivity index (χ4n) is 2.59. The summed E-state index contributed by atoms with van der Waals surface area (Å²) in [6.45, 7) is 1.44. The summed E-state index contributed by atoms with van der Waals surface area (Å²) in [4.78, 5) is 11.0. The van der Waals surface area contributed by atoms with Crippen molar-refractivity contribution in [3.05, 3.63) is 12.2 Å². The Morgan fingerprint density at radius 3 is 2.86 bits per heavy atom. The average molecular weight is 194 g/mol. The van der Waals surface area contributed by atoms with Crippen LogP contribution in [0.25, 0.3) is 0 Å². The lowest BCUT2D eigenvalue weighted by Gasteiger charge is -2.18. The molecule has 2 aliphatic rings. The molecule has 3 atom stereocenters. The van der Waals surface area contributed by atoms with Gasteiger partial charge in [0.1, 0.15) is 0 Å². The molecule has 0 aromatic carbocycles. The number of likely N-dealkylation sites (N-methyl/N-ethyl adjacent to an activating group) is 1. The molecule has 3 unspecified atom stereocenters. The van der Waals surface area contributed by atoms with Gasteiger partial charge in [-0.1, -0.05) is 12.2 Å². The molecule has 0 spiro atoms. The van der Waals surface area contributed by atoms with Crippen LogP contribution in [-0.4, -0.2) is 26.0 Å². The Labute approximate surface area is 84.9 Å². The van der Waals surface area contributed by atoms with Crippen LogP contribution in [-0.2, 0) is 4.79 Å². The molecule has 0 aliphatic heterocycles. The van der Waals surface area contributed by atoms with Crippen LogP contribution in [0.2, 0.25) is 0 Å². The third kappa shape index (κ3) is 1.98. The van der Waals surface area contributed by atoms with Crippen molar-refractivity contribution >= 4 is 5.91 Å². The summed E-state index contributed by atoms with van der Waals surface area (Å²) < 4.78 is 0. The molecule has 14 heavy (non-hydrogen) atoms. The van der Waals surface area contributed by atoms with E-state index >= 15 is 0 Å². The third-order valence-corrected chi connectivity index (χ3v) is 3.39. The summed E-state index contributed by atoms with van der Waals surface area (Å²) in [6, 6.07) is 0. The zero-order chi connectivity index (χ0) is 9.97. The molecule has 0 radical (unpaired) electrons. The summed E-state index contributed by atoms with van der Waals surface area (Å²) in [7, 11) is 1.67. The first-order chi connectivity index (χ1) is 6.79. The first-order valence-electron chi connectivity index (χ1n) is 5.39. The second kappa shape index (κ2) is 4.13. The summed E-state index contributed by atoms with van der Waals surface area (Å²) in [5.41, 5.74) is 0. The molecule has 2 rings (SSSR count). The van der Waals surface area contributed by atoms with Crippen LogP contribution < -0.4 is 10.6 Å². The average Bonchev–Trinajstić information content (AvgIpc) is 2.79. The van der Waals surface area contributed by atoms with Crippen molar-refractivity contribution in [1.82, 2.24) is 10.6 Å². The highest BCUT2D eigenvalue weighted by Crippen LogP contribution is 2.42. The normalized spacial score (nSPS) is 33.6. The van der Waals surface area contributed by atoms with Gasteiger partial charge in [-0.15, -0.1) is 0 Å². The Morgan fingerprint density at radius 2 is 2.29 bits per heavy atom. The van der Waals surface area contributed by atoms with Gasteiger partial charge in [-0.2, -0.15) is 0 Å². The van der Waals surface area contributed by atoms with Crippen LogP contribution in [0.5, 0.6) is 0 Å². The summed E-state index contributed by atoms with van der Waals surface area (Å²) in [5, 5.41) is 5.83. The largest absolute Gasteiger partial charge is 0.358 e. The van der Waals surface area contributed by atoms with Gasteiger partial charge >= 0.3 is 0 Å². The number of nitrogens with one attached hydrogen (secondary N) is 2. The maximum atomic E-state index is 11.0. The molecule has 0 heterocycles. The van der Waals surface area contributed by atoms with Crippen molar-refractivity contribution in [2.75, 3.05) is 20.1 Å². The van der Waals surface area contributed by atoms with E-state index in [1.54, 1.807) is 7.05 Å². The molecule has 0 aromatic rings. The fraction of sp³-hybridized carbons (Fsp3) is 0.727. The molecular weight excluding hydrogens is 176 g/mol. The minimum Gasteiger partial charge on any atom is -0.358 e. The van der Waals surface area contributed by atoms with Gasteiger partial charge in [0.2, 0.25) is 5.91 Å². The molecular formula is C11H18N2O. The van der Waals surface area contributed by atoms with Gasteiger partial charge in [-0.25, -0.2) is 0 Å². The van der Waals surface area contributed by atoms with E-state index in [1.807, 2.05) is 0 Å². The van der Waals surface area contributed by atoms with E-state index in [0.29, 0.717) is 6.54 Å². The molecule has 3 nitrogen and oxygen atoms in total. The van der Waals surface area contributed by atoms with Crippen molar-refractivity contribution in [3.63, 3.8) is 0 Å². The van der Waals surface area contributed by atoms with Crippen LogP contribution >= 0.6 is 0 Å². The molecule has 2 N–H and O–H groups in total. The number of hydrogen-bond acceptors (Lipinski definition) is 2. The highest BCUT2D eigenvalue weighted by atomic mass is 16.1. The van der Waals surface area contributed by atoms with Crippen LogP contribution in [0.15, 0.2) is 12.2 Å². The third-order valence-electron chi connectivity index (χ3n) is 3.39. The molecule has 3 heteroatoms. The first kappa shape index (κ1) is 9.71. The second-order valence-corrected chi connectivity index (χ2v) is 4.34. The molecule has 2 aliphatic carbocycles. The smallest absolute Gasteiger partial charge is 0.233 e. The van der Waals surface area contributed by atoms with Crippen LogP contribution in [0.1, 0.15) is 12.8 Å². The van der Waals surface area contributed by atoms with E-state index < -0.39 is 0 Å². The number of rotatable bonds is 4. The van der Waals surface area contributed by atoms with Crippen LogP contribution in [0.3, 0.4) is 0 Å². The van der Waals surface area contributed by atoms with Crippen molar-refractivity contribution in [2.45, 2.75) is 12.8 Å². The van der Waals surface area contributed by atoms with E-state index in [2.05, 4.69) is 22.8 Å². The van der Waals surface area contributed by atoms with Gasteiger partial charge in [0.15, 0.2) is 0 Å². The summed E-state index contributed by atoms with van der Waals surface area (Å²) >= 11 is 0. The number of carbonyl (C=O) groups is 1. The molecule has 2 bridgehead atoms. The van der Waals surface area contributed by atoms with Crippen molar-refractivity contribution in [3.8, 4) is 0 Å². The fourth-order valence-corrected chi connectivity index (χ4v) is 2.59. The van der Waals surface area contributed by atoms with Crippen LogP contribution in [0.4, 0.5) is 0 Å². The lowest BCUT2D eigenvalue weighted by atomic mass is 9.94. The highest BCUT2D eigenvalue weighted by molar-refractivity contribution is 5.77. The Kier molecular flexibility index (Phi) is 2.87. The zero-order valence-corrected chi connectivity index (χ0v) is 8.62. The van der Waals surface area contributed by atoms with Gasteiger partial charge in [0.25, 0.3) is 0 Å². The molecule has 0 saturated heterocycles. The van der Waals surface area contributed by atoms with E-state index in [4.69, 9.17) is 0 Å². The van der Waals surface area contributed by atoms with Gasteiger partial charge in [0, 0.05) is 7.05 Å². The standard InChI is InChI=1S/C11H18N2O/c1-12-11(14)7-13-6-10-5-8-2-3-9(10)4-8/h2-3,8-10,13H,4-7H2,1H3,(H,12,14). The minimum atomic E-state index is 0.0729. The molecule has 1 amide bonds. The monoisotopic (exact) mass is 194 g/mol. The number of allylic oxidation sites excluding steroid dienone is 2. The topological polar surface area (TPSA) is 41.1 Å². The lowest BCUT2D eigenvalue weighted by Crippen LogP contribution is -2.35. The van der Waals surface area contributed by atoms with Gasteiger partial charge < -0.3 is 10.6 Å². The maximum absolute atomic E-state index is 11.0. The maximum Gasteiger partial charge on any atom is 0.233 e. The lowest BCUT2D eigenvalue weighted by molar-refractivity contribution is -0.119. The first-order valence-corrected chi connectivity index (χ1v) is 5.39. The van der Waals surface area contributed by atoms with Gasteiger partial charge in [0.05, 0.1) is 6.54 Å². The number of fused-ring (bicyclic) bond motifs is 2. The predicted octanol–water partition coefficient (Wildman–Crippen LogP) is 0.534. The number of carbonyl (C=O) groups excluding carboxylic acids is 1. The molecule has 1 saturated carbocycles. The van der Waals surface area contributed by atoms with Crippen molar-refractivity contribution in [1.29, 1.82) is 0 Å². The number of hydrogen-bond donors (Lipinski definition) is 2. The van der Waals surface area contributed by atoms with E-state index in [9.17, 15) is 4.79 Å². The quantitative estimate of drug-likeness (QED) is 0.641. The number of amides is 1. The van der Waals surface area contributed by atoms with Crippen LogP contribution in [0, 0.1) is 17.8 Å². The zero-order valence-electron chi connectivity index (χ0n) is 8.62. The Hall–Kier alpha value is -0.830. The summed E-state index contributed by atoms with van der Waals surface area (Å²) in [6.07, 6.45) is 7.34. The molecule has 78 valence electrons. The van der Waals surface area contributed by atoms with E-state index in [-0.39, 0.29) is 5.91 Å². The van der Waals surface area contributed by atoms with E-state index in [1.165, 1.54) is 12.8 Å². The predicted molar refractivity (Wildman–Crippen MR) is 55.8 cm³/mol.